The fraction of sp³-hybridized carbons (Fsp3) is 0.500. The number of benzene rings is 1. The van der Waals surface area contributed by atoms with Crippen molar-refractivity contribution in [2.24, 2.45) is 0 Å². The van der Waals surface area contributed by atoms with Gasteiger partial charge in [0.25, 0.3) is 0 Å². The average Bonchev–Trinajstić information content (AvgIpc) is 2.98. The van der Waals surface area contributed by atoms with Crippen LogP contribution >= 0.6 is 11.8 Å². The lowest BCUT2D eigenvalue weighted by molar-refractivity contribution is -0.152. The van der Waals surface area contributed by atoms with Gasteiger partial charge in [-0.1, -0.05) is 12.8 Å². The quantitative estimate of drug-likeness (QED) is 0.637. The second kappa shape index (κ2) is 7.77. The van der Waals surface area contributed by atoms with Gasteiger partial charge in [0.05, 0.1) is 12.4 Å². The number of nitrogens with one attached hydrogen (secondary N) is 1. The van der Waals surface area contributed by atoms with Gasteiger partial charge in [0.2, 0.25) is 5.91 Å². The molecular formula is C16H19F2NO3S. The first-order valence-electron chi connectivity index (χ1n) is 7.53. The van der Waals surface area contributed by atoms with E-state index in [0.717, 1.165) is 36.7 Å². The molecule has 1 saturated carbocycles. The van der Waals surface area contributed by atoms with Crippen LogP contribution in [-0.4, -0.2) is 29.8 Å². The molecule has 0 unspecified atom stereocenters. The predicted octanol–water partition coefficient (Wildman–Crippen LogP) is 3.05. The van der Waals surface area contributed by atoms with Crippen molar-refractivity contribution < 1.29 is 23.1 Å². The lowest BCUT2D eigenvalue weighted by Gasteiger charge is -2.27. The van der Waals surface area contributed by atoms with Gasteiger partial charge in [-0.15, -0.1) is 11.8 Å². The maximum absolute atomic E-state index is 13.1. The summed E-state index contributed by atoms with van der Waals surface area (Å²) in [6.45, 7) is 1.99. The molecular weight excluding hydrogens is 324 g/mol. The SMILES string of the molecule is CCOC(=O)C1(NC(=O)CSc2ccc(F)c(F)c2)CCCC1. The average molecular weight is 343 g/mol. The molecule has 126 valence electrons. The molecule has 0 bridgehead atoms. The zero-order chi connectivity index (χ0) is 16.9. The second-order valence-corrected chi connectivity index (χ2v) is 6.47. The van der Waals surface area contributed by atoms with Gasteiger partial charge in [0.15, 0.2) is 11.6 Å². The van der Waals surface area contributed by atoms with Crippen LogP contribution in [0.2, 0.25) is 0 Å². The minimum Gasteiger partial charge on any atom is -0.464 e. The van der Waals surface area contributed by atoms with Crippen molar-refractivity contribution in [3.05, 3.63) is 29.8 Å². The van der Waals surface area contributed by atoms with Gasteiger partial charge in [-0.25, -0.2) is 13.6 Å². The highest BCUT2D eigenvalue weighted by Gasteiger charge is 2.43. The third-order valence-corrected chi connectivity index (χ3v) is 4.76. The van der Waals surface area contributed by atoms with E-state index in [1.54, 1.807) is 6.92 Å². The van der Waals surface area contributed by atoms with Crippen molar-refractivity contribution >= 4 is 23.6 Å². The van der Waals surface area contributed by atoms with E-state index in [4.69, 9.17) is 4.74 Å². The van der Waals surface area contributed by atoms with E-state index in [-0.39, 0.29) is 18.3 Å². The van der Waals surface area contributed by atoms with Crippen LogP contribution in [0.3, 0.4) is 0 Å². The maximum Gasteiger partial charge on any atom is 0.331 e. The number of rotatable bonds is 6. The van der Waals surface area contributed by atoms with Crippen LogP contribution in [0.4, 0.5) is 8.78 Å². The molecule has 23 heavy (non-hydrogen) atoms. The normalized spacial score (nSPS) is 16.1. The Morgan fingerprint density at radius 1 is 1.26 bits per heavy atom. The zero-order valence-electron chi connectivity index (χ0n) is 12.9. The molecule has 1 aliphatic carbocycles. The van der Waals surface area contributed by atoms with Crippen molar-refractivity contribution in [3.63, 3.8) is 0 Å². The van der Waals surface area contributed by atoms with Crippen LogP contribution in [0.5, 0.6) is 0 Å². The van der Waals surface area contributed by atoms with Crippen LogP contribution in [0.25, 0.3) is 0 Å². The monoisotopic (exact) mass is 343 g/mol. The lowest BCUT2D eigenvalue weighted by atomic mass is 9.98. The van der Waals surface area contributed by atoms with Crippen molar-refractivity contribution in [1.82, 2.24) is 5.32 Å². The molecule has 0 aliphatic heterocycles. The van der Waals surface area contributed by atoms with Crippen LogP contribution in [0.1, 0.15) is 32.6 Å². The smallest absolute Gasteiger partial charge is 0.331 e. The Morgan fingerprint density at radius 2 is 1.96 bits per heavy atom. The standard InChI is InChI=1S/C16H19F2NO3S/c1-2-22-15(21)16(7-3-4-8-16)19-14(20)10-23-11-5-6-12(17)13(18)9-11/h5-6,9H,2-4,7-8,10H2,1H3,(H,19,20). The minimum atomic E-state index is -0.950. The largest absolute Gasteiger partial charge is 0.464 e. The number of halogens is 2. The highest BCUT2D eigenvalue weighted by molar-refractivity contribution is 8.00. The van der Waals surface area contributed by atoms with Crippen LogP contribution < -0.4 is 5.32 Å². The molecule has 0 aromatic heterocycles. The zero-order valence-corrected chi connectivity index (χ0v) is 13.7. The summed E-state index contributed by atoms with van der Waals surface area (Å²) in [5.74, 6) is -2.58. The van der Waals surface area contributed by atoms with Gasteiger partial charge in [0, 0.05) is 4.90 Å². The van der Waals surface area contributed by atoms with Gasteiger partial charge < -0.3 is 10.1 Å². The third-order valence-electron chi connectivity index (χ3n) is 3.76. The molecule has 0 saturated heterocycles. The number of carbonyl (C=O) groups is 2. The second-order valence-electron chi connectivity index (χ2n) is 5.42. The van der Waals surface area contributed by atoms with Crippen molar-refractivity contribution in [2.75, 3.05) is 12.4 Å². The van der Waals surface area contributed by atoms with E-state index in [9.17, 15) is 18.4 Å². The molecule has 2 rings (SSSR count). The maximum atomic E-state index is 13.1. The summed E-state index contributed by atoms with van der Waals surface area (Å²) in [5, 5.41) is 2.77. The summed E-state index contributed by atoms with van der Waals surface area (Å²) in [5.41, 5.74) is -0.943. The first-order chi connectivity index (χ1) is 11.0. The van der Waals surface area contributed by atoms with E-state index < -0.39 is 23.1 Å². The molecule has 0 atom stereocenters. The highest BCUT2D eigenvalue weighted by Crippen LogP contribution is 2.31. The van der Waals surface area contributed by atoms with Gasteiger partial charge >= 0.3 is 5.97 Å². The summed E-state index contributed by atoms with van der Waals surface area (Å²) in [6.07, 6.45) is 2.84. The van der Waals surface area contributed by atoms with Crippen molar-refractivity contribution in [2.45, 2.75) is 43.0 Å². The van der Waals surface area contributed by atoms with E-state index >= 15 is 0 Å². The van der Waals surface area contributed by atoms with E-state index in [1.807, 2.05) is 0 Å². The molecule has 0 spiro atoms. The number of hydrogen-bond donors (Lipinski definition) is 1. The van der Waals surface area contributed by atoms with E-state index in [0.29, 0.717) is 17.7 Å². The first-order valence-corrected chi connectivity index (χ1v) is 8.51. The number of hydrogen-bond acceptors (Lipinski definition) is 4. The van der Waals surface area contributed by atoms with Crippen LogP contribution in [0.15, 0.2) is 23.1 Å². The Morgan fingerprint density at radius 3 is 2.57 bits per heavy atom. The summed E-state index contributed by atoms with van der Waals surface area (Å²) in [6, 6.07) is 3.48. The molecule has 1 N–H and O–H groups in total. The van der Waals surface area contributed by atoms with Crippen molar-refractivity contribution in [1.29, 1.82) is 0 Å². The third kappa shape index (κ3) is 4.43. The molecule has 4 nitrogen and oxygen atoms in total. The molecule has 1 fully saturated rings. The Hall–Kier alpha value is -1.63. The molecule has 7 heteroatoms. The van der Waals surface area contributed by atoms with E-state index in [2.05, 4.69) is 5.32 Å². The van der Waals surface area contributed by atoms with Crippen LogP contribution in [-0.2, 0) is 14.3 Å². The molecule has 0 radical (unpaired) electrons. The number of esters is 1. The van der Waals surface area contributed by atoms with E-state index in [1.165, 1.54) is 6.07 Å². The Bertz CT molecular complexity index is 589. The lowest BCUT2D eigenvalue weighted by Crippen LogP contribution is -2.53. The minimum absolute atomic E-state index is 0.0201. The summed E-state index contributed by atoms with van der Waals surface area (Å²) < 4.78 is 31.1. The van der Waals surface area contributed by atoms with Crippen molar-refractivity contribution in [3.8, 4) is 0 Å². The number of thioether (sulfide) groups is 1. The fourth-order valence-electron chi connectivity index (χ4n) is 2.65. The predicted molar refractivity (Wildman–Crippen MR) is 83.1 cm³/mol. The number of carbonyl (C=O) groups excluding carboxylic acids is 2. The molecule has 1 amide bonds. The number of ether oxygens (including phenoxy) is 1. The summed E-state index contributed by atoms with van der Waals surface area (Å²) in [4.78, 5) is 24.7. The van der Waals surface area contributed by atoms with Gasteiger partial charge in [0.1, 0.15) is 5.54 Å². The Balaban J connectivity index is 1.94. The first kappa shape index (κ1) is 17.7. The Labute approximate surface area is 138 Å². The Kier molecular flexibility index (Phi) is 5.98. The number of amides is 1. The molecule has 1 aliphatic rings. The summed E-state index contributed by atoms with van der Waals surface area (Å²) in [7, 11) is 0. The topological polar surface area (TPSA) is 55.4 Å². The molecule has 1 aromatic rings. The highest BCUT2D eigenvalue weighted by atomic mass is 32.2. The van der Waals surface area contributed by atoms with Gasteiger partial charge in [-0.3, -0.25) is 4.79 Å². The molecule has 1 aromatic carbocycles. The summed E-state index contributed by atoms with van der Waals surface area (Å²) >= 11 is 1.09. The fourth-order valence-corrected chi connectivity index (χ4v) is 3.37. The van der Waals surface area contributed by atoms with Gasteiger partial charge in [-0.2, -0.15) is 0 Å². The molecule has 0 heterocycles. The van der Waals surface area contributed by atoms with Crippen LogP contribution in [0, 0.1) is 11.6 Å². The van der Waals surface area contributed by atoms with Gasteiger partial charge in [-0.05, 0) is 38.0 Å².